The molecule has 2 aromatic carbocycles. The molecule has 0 heterocycles. The summed E-state index contributed by atoms with van der Waals surface area (Å²) in [4.78, 5) is 11.6. The van der Waals surface area contributed by atoms with Crippen LogP contribution in [0.25, 0.3) is 0 Å². The van der Waals surface area contributed by atoms with Crippen LogP contribution in [-0.4, -0.2) is 5.97 Å². The van der Waals surface area contributed by atoms with Crippen molar-refractivity contribution >= 4 is 5.97 Å². The largest absolute Gasteiger partial charge is 0.422 e. The lowest BCUT2D eigenvalue weighted by Gasteiger charge is -2.02. The molecule has 0 bridgehead atoms. The number of esters is 1. The Balaban J connectivity index is 2.12. The molecule has 79 valence electrons. The van der Waals surface area contributed by atoms with Crippen LogP contribution in [0.2, 0.25) is 0 Å². The zero-order valence-electron chi connectivity index (χ0n) is 8.31. The van der Waals surface area contributed by atoms with E-state index in [0.29, 0.717) is 11.3 Å². The summed E-state index contributed by atoms with van der Waals surface area (Å²) < 4.78 is 17.6. The molecular weight excluding hydrogens is 207 g/mol. The quantitative estimate of drug-likeness (QED) is 0.568. The first-order chi connectivity index (χ1) is 7.75. The van der Waals surface area contributed by atoms with Gasteiger partial charge in [-0.3, -0.25) is 0 Å². The molecule has 0 saturated heterocycles. The van der Waals surface area contributed by atoms with Gasteiger partial charge in [-0.15, -0.1) is 0 Å². The SMILES string of the molecule is O=C(Oc1[c]cccc1)c1ccc(F)cc1. The highest BCUT2D eigenvalue weighted by atomic mass is 19.1. The van der Waals surface area contributed by atoms with Crippen molar-refractivity contribution in [2.75, 3.05) is 0 Å². The number of hydrogen-bond donors (Lipinski definition) is 0. The highest BCUT2D eigenvalue weighted by Crippen LogP contribution is 2.11. The smallest absolute Gasteiger partial charge is 0.343 e. The van der Waals surface area contributed by atoms with Gasteiger partial charge in [0.25, 0.3) is 0 Å². The second-order valence-corrected chi connectivity index (χ2v) is 3.12. The molecule has 0 saturated carbocycles. The molecule has 16 heavy (non-hydrogen) atoms. The minimum Gasteiger partial charge on any atom is -0.422 e. The van der Waals surface area contributed by atoms with E-state index in [1.807, 2.05) is 0 Å². The van der Waals surface area contributed by atoms with E-state index in [9.17, 15) is 9.18 Å². The highest BCUT2D eigenvalue weighted by Gasteiger charge is 2.07. The lowest BCUT2D eigenvalue weighted by atomic mass is 10.2. The van der Waals surface area contributed by atoms with E-state index < -0.39 is 5.97 Å². The van der Waals surface area contributed by atoms with Gasteiger partial charge in [-0.05, 0) is 30.3 Å². The summed E-state index contributed by atoms with van der Waals surface area (Å²) in [5.41, 5.74) is 0.304. The standard InChI is InChI=1S/C13H8FO2/c14-11-8-6-10(7-9-11)13(15)16-12-4-2-1-3-5-12/h1-4,6-9H. The summed E-state index contributed by atoms with van der Waals surface area (Å²) in [7, 11) is 0. The number of ether oxygens (including phenoxy) is 1. The molecule has 0 aliphatic heterocycles. The Labute approximate surface area is 92.3 Å². The molecule has 0 spiro atoms. The maximum atomic E-state index is 12.6. The summed E-state index contributed by atoms with van der Waals surface area (Å²) >= 11 is 0. The summed E-state index contributed by atoms with van der Waals surface area (Å²) in [6, 6.07) is 14.7. The van der Waals surface area contributed by atoms with E-state index in [0.717, 1.165) is 0 Å². The molecule has 3 heteroatoms. The van der Waals surface area contributed by atoms with E-state index in [2.05, 4.69) is 6.07 Å². The molecule has 2 nitrogen and oxygen atoms in total. The van der Waals surface area contributed by atoms with Crippen LogP contribution in [0, 0.1) is 11.9 Å². The molecule has 0 amide bonds. The number of carbonyl (C=O) groups is 1. The second-order valence-electron chi connectivity index (χ2n) is 3.12. The molecule has 0 aliphatic rings. The van der Waals surface area contributed by atoms with Gasteiger partial charge in [0.15, 0.2) is 0 Å². The maximum absolute atomic E-state index is 12.6. The van der Waals surface area contributed by atoms with Crippen LogP contribution in [0.15, 0.2) is 48.5 Å². The van der Waals surface area contributed by atoms with E-state index in [4.69, 9.17) is 4.74 Å². The third-order valence-electron chi connectivity index (χ3n) is 1.96. The number of benzene rings is 2. The predicted molar refractivity (Wildman–Crippen MR) is 56.6 cm³/mol. The fraction of sp³-hybridized carbons (Fsp3) is 0. The van der Waals surface area contributed by atoms with E-state index in [-0.39, 0.29) is 5.82 Å². The topological polar surface area (TPSA) is 26.3 Å². The molecule has 0 N–H and O–H groups in total. The molecule has 0 aliphatic carbocycles. The Bertz CT molecular complexity index is 477. The van der Waals surface area contributed by atoms with Crippen LogP contribution in [0.4, 0.5) is 4.39 Å². The molecule has 1 radical (unpaired) electrons. The average molecular weight is 215 g/mol. The summed E-state index contributed by atoms with van der Waals surface area (Å²) in [5.74, 6) is -0.568. The second kappa shape index (κ2) is 4.57. The minimum absolute atomic E-state index is 0.304. The van der Waals surface area contributed by atoms with Crippen molar-refractivity contribution in [2.24, 2.45) is 0 Å². The van der Waals surface area contributed by atoms with Gasteiger partial charge in [-0.25, -0.2) is 9.18 Å². The van der Waals surface area contributed by atoms with Gasteiger partial charge < -0.3 is 4.74 Å². The van der Waals surface area contributed by atoms with Crippen LogP contribution >= 0.6 is 0 Å². The molecule has 0 aromatic heterocycles. The Morgan fingerprint density at radius 2 is 1.88 bits per heavy atom. The summed E-state index contributed by atoms with van der Waals surface area (Å²) in [6.45, 7) is 0. The fourth-order valence-corrected chi connectivity index (χ4v) is 1.19. The minimum atomic E-state index is -0.526. The van der Waals surface area contributed by atoms with Crippen LogP contribution in [0.1, 0.15) is 10.4 Å². The molecule has 0 unspecified atom stereocenters. The Hall–Kier alpha value is -2.16. The first kappa shape index (κ1) is 10.4. The van der Waals surface area contributed by atoms with Crippen molar-refractivity contribution < 1.29 is 13.9 Å². The lowest BCUT2D eigenvalue weighted by molar-refractivity contribution is 0.0734. The Morgan fingerprint density at radius 1 is 1.12 bits per heavy atom. The number of rotatable bonds is 2. The summed E-state index contributed by atoms with van der Waals surface area (Å²) in [6.07, 6.45) is 0. The van der Waals surface area contributed by atoms with Crippen molar-refractivity contribution in [3.8, 4) is 5.75 Å². The van der Waals surface area contributed by atoms with Crippen molar-refractivity contribution in [2.45, 2.75) is 0 Å². The molecule has 0 atom stereocenters. The fourth-order valence-electron chi connectivity index (χ4n) is 1.19. The van der Waals surface area contributed by atoms with Crippen LogP contribution in [-0.2, 0) is 0 Å². The number of para-hydroxylation sites is 1. The third-order valence-corrected chi connectivity index (χ3v) is 1.96. The van der Waals surface area contributed by atoms with Gasteiger partial charge in [-0.1, -0.05) is 18.2 Å². The van der Waals surface area contributed by atoms with Crippen molar-refractivity contribution in [1.29, 1.82) is 0 Å². The Morgan fingerprint density at radius 3 is 2.50 bits per heavy atom. The normalized spacial score (nSPS) is 9.81. The van der Waals surface area contributed by atoms with Gasteiger partial charge in [0.2, 0.25) is 0 Å². The summed E-state index contributed by atoms with van der Waals surface area (Å²) in [5, 5.41) is 0. The first-order valence-electron chi connectivity index (χ1n) is 4.70. The average Bonchev–Trinajstić information content (AvgIpc) is 2.31. The molecular formula is C13H8FO2. The van der Waals surface area contributed by atoms with Gasteiger partial charge >= 0.3 is 5.97 Å². The van der Waals surface area contributed by atoms with Crippen LogP contribution in [0.3, 0.4) is 0 Å². The zero-order valence-corrected chi connectivity index (χ0v) is 8.31. The Kier molecular flexibility index (Phi) is 2.96. The maximum Gasteiger partial charge on any atom is 0.343 e. The predicted octanol–water partition coefficient (Wildman–Crippen LogP) is 2.85. The van der Waals surface area contributed by atoms with Crippen LogP contribution in [0.5, 0.6) is 5.75 Å². The first-order valence-corrected chi connectivity index (χ1v) is 4.70. The monoisotopic (exact) mass is 215 g/mol. The van der Waals surface area contributed by atoms with Crippen molar-refractivity contribution in [3.05, 3.63) is 66.0 Å². The van der Waals surface area contributed by atoms with Crippen molar-refractivity contribution in [1.82, 2.24) is 0 Å². The number of carbonyl (C=O) groups excluding carboxylic acids is 1. The third kappa shape index (κ3) is 2.45. The molecule has 2 aromatic rings. The van der Waals surface area contributed by atoms with Gasteiger partial charge in [0.05, 0.1) is 5.56 Å². The van der Waals surface area contributed by atoms with E-state index >= 15 is 0 Å². The van der Waals surface area contributed by atoms with Crippen LogP contribution < -0.4 is 4.74 Å². The van der Waals surface area contributed by atoms with Gasteiger partial charge in [0, 0.05) is 6.07 Å². The van der Waals surface area contributed by atoms with Crippen molar-refractivity contribution in [3.63, 3.8) is 0 Å². The van der Waals surface area contributed by atoms with E-state index in [1.165, 1.54) is 24.3 Å². The number of hydrogen-bond acceptors (Lipinski definition) is 2. The zero-order chi connectivity index (χ0) is 11.4. The lowest BCUT2D eigenvalue weighted by Crippen LogP contribution is -2.08. The molecule has 2 rings (SSSR count). The van der Waals surface area contributed by atoms with E-state index in [1.54, 1.807) is 24.3 Å². The number of halogens is 1. The van der Waals surface area contributed by atoms with Gasteiger partial charge in [0.1, 0.15) is 11.6 Å². The highest BCUT2D eigenvalue weighted by molar-refractivity contribution is 5.90. The van der Waals surface area contributed by atoms with Gasteiger partial charge in [-0.2, -0.15) is 0 Å². The molecule has 0 fully saturated rings.